The van der Waals surface area contributed by atoms with Crippen molar-refractivity contribution in [3.63, 3.8) is 0 Å². The summed E-state index contributed by atoms with van der Waals surface area (Å²) in [4.78, 5) is 0. The van der Waals surface area contributed by atoms with Gasteiger partial charge in [0.1, 0.15) is 0 Å². The van der Waals surface area contributed by atoms with Gasteiger partial charge in [-0.2, -0.15) is 0 Å². The predicted molar refractivity (Wildman–Crippen MR) is 54.9 cm³/mol. The largest absolute Gasteiger partial charge is 0.493 e. The van der Waals surface area contributed by atoms with E-state index in [1.807, 2.05) is 0 Å². The fourth-order valence-corrected chi connectivity index (χ4v) is 1.58. The summed E-state index contributed by atoms with van der Waals surface area (Å²) in [5, 5.41) is 0. The van der Waals surface area contributed by atoms with Gasteiger partial charge in [-0.25, -0.2) is 4.39 Å². The van der Waals surface area contributed by atoms with Gasteiger partial charge in [-0.15, -0.1) is 0 Å². The minimum absolute atomic E-state index is 0.0950. The van der Waals surface area contributed by atoms with Crippen molar-refractivity contribution in [2.24, 2.45) is 0 Å². The van der Waals surface area contributed by atoms with Crippen LogP contribution in [0.2, 0.25) is 0 Å². The lowest BCUT2D eigenvalue weighted by molar-refractivity contribution is 0.336. The van der Waals surface area contributed by atoms with Gasteiger partial charge in [-0.3, -0.25) is 0 Å². The minimum Gasteiger partial charge on any atom is -0.493 e. The van der Waals surface area contributed by atoms with Gasteiger partial charge >= 0.3 is 0 Å². The smallest absolute Gasteiger partial charge is 0.198 e. The first-order valence-corrected chi connectivity index (χ1v) is 4.96. The quantitative estimate of drug-likeness (QED) is 0.779. The molecular formula is C8H7Br2FO2. The van der Waals surface area contributed by atoms with Crippen LogP contribution in [0.5, 0.6) is 11.5 Å². The molecule has 1 aromatic rings. The van der Waals surface area contributed by atoms with Crippen molar-refractivity contribution in [1.29, 1.82) is 0 Å². The highest BCUT2D eigenvalue weighted by molar-refractivity contribution is 9.13. The second-order valence-corrected chi connectivity index (χ2v) is 3.87. The maximum absolute atomic E-state index is 13.4. The molecule has 0 spiro atoms. The molecule has 2 nitrogen and oxygen atoms in total. The molecule has 0 radical (unpaired) electrons. The number of halogens is 3. The van der Waals surface area contributed by atoms with Crippen LogP contribution in [0.1, 0.15) is 0 Å². The van der Waals surface area contributed by atoms with Crippen LogP contribution < -0.4 is 9.47 Å². The van der Waals surface area contributed by atoms with Crippen molar-refractivity contribution in [2.45, 2.75) is 0 Å². The van der Waals surface area contributed by atoms with Gasteiger partial charge in [0.2, 0.25) is 0 Å². The monoisotopic (exact) mass is 312 g/mol. The van der Waals surface area contributed by atoms with E-state index in [-0.39, 0.29) is 5.75 Å². The summed E-state index contributed by atoms with van der Waals surface area (Å²) in [6, 6.07) is 1.63. The van der Waals surface area contributed by atoms with Gasteiger partial charge in [0.15, 0.2) is 17.3 Å². The van der Waals surface area contributed by atoms with Crippen LogP contribution in [0.3, 0.4) is 0 Å². The van der Waals surface area contributed by atoms with Crippen molar-refractivity contribution in [1.82, 2.24) is 0 Å². The Kier molecular flexibility index (Phi) is 3.55. The Morgan fingerprint density at radius 1 is 1.23 bits per heavy atom. The third-order valence-corrected chi connectivity index (χ3v) is 3.44. The highest BCUT2D eigenvalue weighted by Gasteiger charge is 2.16. The molecule has 5 heteroatoms. The second-order valence-electron chi connectivity index (χ2n) is 2.22. The molecule has 0 aromatic heterocycles. The van der Waals surface area contributed by atoms with Crippen LogP contribution in [0.4, 0.5) is 4.39 Å². The number of ether oxygens (including phenoxy) is 2. The minimum atomic E-state index is -0.478. The Bertz CT molecular complexity index is 328. The van der Waals surface area contributed by atoms with Crippen molar-refractivity contribution < 1.29 is 13.9 Å². The Labute approximate surface area is 92.3 Å². The van der Waals surface area contributed by atoms with Crippen LogP contribution in [0.15, 0.2) is 15.0 Å². The van der Waals surface area contributed by atoms with Gasteiger partial charge in [0, 0.05) is 4.47 Å². The normalized spacial score (nSPS) is 9.92. The third kappa shape index (κ3) is 1.96. The summed E-state index contributed by atoms with van der Waals surface area (Å²) in [5.41, 5.74) is 0. The van der Waals surface area contributed by atoms with Crippen LogP contribution in [0, 0.1) is 5.82 Å². The standard InChI is InChI=1S/C8H7Br2FO2/c1-12-5-3-4(9)6(10)7(11)8(5)13-2/h3H,1-2H3. The maximum Gasteiger partial charge on any atom is 0.198 e. The number of methoxy groups -OCH3 is 2. The zero-order valence-electron chi connectivity index (χ0n) is 7.03. The number of hydrogen-bond donors (Lipinski definition) is 0. The fourth-order valence-electron chi connectivity index (χ4n) is 0.899. The van der Waals surface area contributed by atoms with Crippen molar-refractivity contribution in [3.8, 4) is 11.5 Å². The van der Waals surface area contributed by atoms with Crippen LogP contribution in [-0.4, -0.2) is 14.2 Å². The molecule has 0 heterocycles. The topological polar surface area (TPSA) is 18.5 Å². The molecule has 0 saturated heterocycles. The van der Waals surface area contributed by atoms with Crippen molar-refractivity contribution >= 4 is 31.9 Å². The van der Waals surface area contributed by atoms with E-state index in [0.29, 0.717) is 14.7 Å². The molecule has 72 valence electrons. The van der Waals surface area contributed by atoms with E-state index in [4.69, 9.17) is 9.47 Å². The number of benzene rings is 1. The average Bonchev–Trinajstić information content (AvgIpc) is 2.13. The second kappa shape index (κ2) is 4.28. The Hall–Kier alpha value is -0.290. The zero-order chi connectivity index (χ0) is 10.0. The molecule has 0 atom stereocenters. The third-order valence-electron chi connectivity index (χ3n) is 1.51. The van der Waals surface area contributed by atoms with E-state index < -0.39 is 5.82 Å². The lowest BCUT2D eigenvalue weighted by Gasteiger charge is -2.10. The summed E-state index contributed by atoms with van der Waals surface area (Å²) in [6.45, 7) is 0. The van der Waals surface area contributed by atoms with Crippen LogP contribution in [-0.2, 0) is 0 Å². The molecular weight excluding hydrogens is 307 g/mol. The highest BCUT2D eigenvalue weighted by Crippen LogP contribution is 2.39. The molecule has 0 saturated carbocycles. The van der Waals surface area contributed by atoms with E-state index in [0.717, 1.165) is 0 Å². The summed E-state index contributed by atoms with van der Waals surface area (Å²) in [7, 11) is 2.85. The Balaban J connectivity index is 3.39. The number of hydrogen-bond acceptors (Lipinski definition) is 2. The number of rotatable bonds is 2. The van der Waals surface area contributed by atoms with Gasteiger partial charge in [-0.1, -0.05) is 0 Å². The average molecular weight is 314 g/mol. The summed E-state index contributed by atoms with van der Waals surface area (Å²) in [5.74, 6) is -0.0265. The van der Waals surface area contributed by atoms with E-state index in [1.165, 1.54) is 14.2 Å². The molecule has 0 amide bonds. The molecule has 1 aromatic carbocycles. The molecule has 1 rings (SSSR count). The van der Waals surface area contributed by atoms with E-state index >= 15 is 0 Å². The molecule has 0 aliphatic heterocycles. The zero-order valence-corrected chi connectivity index (χ0v) is 10.2. The first kappa shape index (κ1) is 10.8. The van der Waals surface area contributed by atoms with E-state index in [9.17, 15) is 4.39 Å². The Morgan fingerprint density at radius 3 is 2.31 bits per heavy atom. The SMILES string of the molecule is COc1cc(Br)c(Br)c(F)c1OC. The van der Waals surface area contributed by atoms with Crippen LogP contribution in [0.25, 0.3) is 0 Å². The first-order chi connectivity index (χ1) is 6.11. The molecule has 0 unspecified atom stereocenters. The lowest BCUT2D eigenvalue weighted by Crippen LogP contribution is -1.95. The lowest BCUT2D eigenvalue weighted by atomic mass is 10.3. The highest BCUT2D eigenvalue weighted by atomic mass is 79.9. The van der Waals surface area contributed by atoms with Crippen molar-refractivity contribution in [2.75, 3.05) is 14.2 Å². The molecule has 0 N–H and O–H groups in total. The molecule has 0 aliphatic carbocycles. The van der Waals surface area contributed by atoms with Gasteiger partial charge in [0.25, 0.3) is 0 Å². The van der Waals surface area contributed by atoms with E-state index in [1.54, 1.807) is 6.07 Å². The first-order valence-electron chi connectivity index (χ1n) is 3.37. The molecule has 13 heavy (non-hydrogen) atoms. The van der Waals surface area contributed by atoms with E-state index in [2.05, 4.69) is 31.9 Å². The maximum atomic E-state index is 13.4. The predicted octanol–water partition coefficient (Wildman–Crippen LogP) is 3.37. The van der Waals surface area contributed by atoms with Crippen LogP contribution >= 0.6 is 31.9 Å². The summed E-state index contributed by atoms with van der Waals surface area (Å²) >= 11 is 6.26. The Morgan fingerprint density at radius 2 is 1.85 bits per heavy atom. The van der Waals surface area contributed by atoms with Gasteiger partial charge < -0.3 is 9.47 Å². The molecule has 0 bridgehead atoms. The van der Waals surface area contributed by atoms with Gasteiger partial charge in [0.05, 0.1) is 18.7 Å². The fraction of sp³-hybridized carbons (Fsp3) is 0.250. The summed E-state index contributed by atoms with van der Waals surface area (Å²) in [6.07, 6.45) is 0. The van der Waals surface area contributed by atoms with Gasteiger partial charge in [-0.05, 0) is 37.9 Å². The molecule has 0 fully saturated rings. The molecule has 0 aliphatic rings. The van der Waals surface area contributed by atoms with Crippen molar-refractivity contribution in [3.05, 3.63) is 20.8 Å². The summed E-state index contributed by atoms with van der Waals surface area (Å²) < 4.78 is 24.1.